The van der Waals surface area contributed by atoms with Crippen LogP contribution in [0, 0.1) is 11.7 Å². The predicted molar refractivity (Wildman–Crippen MR) is 96.7 cm³/mol. The molecule has 2 aliphatic heterocycles. The number of anilines is 2. The molecule has 7 heteroatoms. The average molecular weight is 358 g/mol. The minimum absolute atomic E-state index is 0.223. The Kier molecular flexibility index (Phi) is 4.99. The highest BCUT2D eigenvalue weighted by molar-refractivity contribution is 5.47. The van der Waals surface area contributed by atoms with Gasteiger partial charge in [-0.05, 0) is 30.7 Å². The Morgan fingerprint density at radius 1 is 1.27 bits per heavy atom. The number of hydrogen-bond donors (Lipinski definition) is 1. The first-order chi connectivity index (χ1) is 12.7. The van der Waals surface area contributed by atoms with E-state index in [9.17, 15) is 4.39 Å². The van der Waals surface area contributed by atoms with Crippen molar-refractivity contribution in [1.29, 1.82) is 0 Å². The van der Waals surface area contributed by atoms with Crippen molar-refractivity contribution in [2.45, 2.75) is 12.0 Å². The molecule has 2 atom stereocenters. The molecule has 4 rings (SSSR count). The molecule has 2 aliphatic rings. The van der Waals surface area contributed by atoms with Gasteiger partial charge < -0.3 is 19.7 Å². The summed E-state index contributed by atoms with van der Waals surface area (Å²) in [4.78, 5) is 10.5. The summed E-state index contributed by atoms with van der Waals surface area (Å²) in [6, 6.07) is 8.50. The molecule has 0 aliphatic carbocycles. The second-order valence-corrected chi connectivity index (χ2v) is 6.97. The molecule has 26 heavy (non-hydrogen) atoms. The smallest absolute Gasteiger partial charge is 0.222 e. The molecule has 1 spiro atoms. The van der Waals surface area contributed by atoms with Crippen LogP contribution in [0.2, 0.25) is 0 Å². The Bertz CT molecular complexity index is 732. The minimum Gasteiger partial charge on any atom is -0.377 e. The predicted octanol–water partition coefficient (Wildman–Crippen LogP) is 2.34. The van der Waals surface area contributed by atoms with E-state index in [0.29, 0.717) is 38.2 Å². The molecule has 0 radical (unpaired) electrons. The zero-order valence-corrected chi connectivity index (χ0v) is 14.6. The Morgan fingerprint density at radius 2 is 2.15 bits per heavy atom. The summed E-state index contributed by atoms with van der Waals surface area (Å²) >= 11 is 0. The molecule has 0 amide bonds. The summed E-state index contributed by atoms with van der Waals surface area (Å²) in [5, 5.41) is 3.27. The summed E-state index contributed by atoms with van der Waals surface area (Å²) in [6.45, 7) is 4.04. The maximum atomic E-state index is 13.6. The average Bonchev–Trinajstić information content (AvgIpc) is 2.94. The molecule has 2 fully saturated rings. The first kappa shape index (κ1) is 17.2. The highest BCUT2D eigenvalue weighted by Gasteiger charge is 2.43. The Morgan fingerprint density at radius 3 is 3.00 bits per heavy atom. The number of nitrogens with one attached hydrogen (secondary N) is 1. The van der Waals surface area contributed by atoms with Crippen LogP contribution in [0.1, 0.15) is 6.42 Å². The number of hydrogen-bond acceptors (Lipinski definition) is 6. The number of ether oxygens (including phenoxy) is 2. The van der Waals surface area contributed by atoms with Crippen LogP contribution in [0.15, 0.2) is 42.7 Å². The van der Waals surface area contributed by atoms with Crippen LogP contribution in [0.25, 0.3) is 0 Å². The van der Waals surface area contributed by atoms with E-state index >= 15 is 0 Å². The molecule has 2 saturated heterocycles. The third-order valence-electron chi connectivity index (χ3n) is 4.92. The van der Waals surface area contributed by atoms with Crippen molar-refractivity contribution in [1.82, 2.24) is 9.97 Å². The molecule has 0 unspecified atom stereocenters. The van der Waals surface area contributed by atoms with Gasteiger partial charge in [0.15, 0.2) is 0 Å². The third kappa shape index (κ3) is 3.94. The molecule has 3 heterocycles. The van der Waals surface area contributed by atoms with E-state index in [1.54, 1.807) is 30.6 Å². The quantitative estimate of drug-likeness (QED) is 0.905. The lowest BCUT2D eigenvalue weighted by Gasteiger charge is -2.32. The molecular formula is C19H23FN4O2. The largest absolute Gasteiger partial charge is 0.377 e. The molecule has 2 aromatic rings. The molecule has 1 aromatic carbocycles. The van der Waals surface area contributed by atoms with E-state index in [1.165, 1.54) is 6.07 Å². The minimum atomic E-state index is -0.354. The molecule has 1 aromatic heterocycles. The van der Waals surface area contributed by atoms with Crippen LogP contribution >= 0.6 is 0 Å². The van der Waals surface area contributed by atoms with Gasteiger partial charge in [0, 0.05) is 43.6 Å². The second kappa shape index (κ2) is 7.55. The molecule has 6 nitrogen and oxygen atoms in total. The summed E-state index contributed by atoms with van der Waals surface area (Å²) in [5.74, 6) is 0.765. The summed E-state index contributed by atoms with van der Waals surface area (Å²) in [7, 11) is 0. The summed E-state index contributed by atoms with van der Waals surface area (Å²) in [5.41, 5.74) is 0.518. The zero-order valence-electron chi connectivity index (χ0n) is 14.6. The summed E-state index contributed by atoms with van der Waals surface area (Å²) in [6.07, 6.45) is 4.33. The number of nitrogens with zero attached hydrogens (tertiary/aromatic N) is 3. The van der Waals surface area contributed by atoms with E-state index in [1.807, 2.05) is 6.07 Å². The van der Waals surface area contributed by atoms with Gasteiger partial charge in [-0.3, -0.25) is 0 Å². The topological polar surface area (TPSA) is 59.5 Å². The van der Waals surface area contributed by atoms with Crippen LogP contribution < -0.4 is 10.2 Å². The fourth-order valence-electron chi connectivity index (χ4n) is 3.71. The monoisotopic (exact) mass is 358 g/mol. The van der Waals surface area contributed by atoms with Crippen LogP contribution in [0.5, 0.6) is 0 Å². The van der Waals surface area contributed by atoms with Gasteiger partial charge in [0.1, 0.15) is 11.4 Å². The van der Waals surface area contributed by atoms with Gasteiger partial charge in [0.05, 0.1) is 19.8 Å². The molecule has 0 saturated carbocycles. The maximum Gasteiger partial charge on any atom is 0.222 e. The number of benzene rings is 1. The number of aromatic nitrogens is 2. The van der Waals surface area contributed by atoms with Crippen molar-refractivity contribution in [2.24, 2.45) is 5.92 Å². The van der Waals surface area contributed by atoms with Crippen molar-refractivity contribution in [3.63, 3.8) is 0 Å². The first-order valence-corrected chi connectivity index (χ1v) is 8.96. The van der Waals surface area contributed by atoms with Gasteiger partial charge in [-0.25, -0.2) is 14.4 Å². The number of halogens is 1. The molecule has 138 valence electrons. The fourth-order valence-corrected chi connectivity index (χ4v) is 3.71. The highest BCUT2D eigenvalue weighted by Crippen LogP contribution is 2.34. The summed E-state index contributed by atoms with van der Waals surface area (Å²) < 4.78 is 25.6. The van der Waals surface area contributed by atoms with E-state index in [2.05, 4.69) is 20.2 Å². The lowest BCUT2D eigenvalue weighted by atomic mass is 9.94. The van der Waals surface area contributed by atoms with Gasteiger partial charge in [0.25, 0.3) is 0 Å². The first-order valence-electron chi connectivity index (χ1n) is 8.96. The highest BCUT2D eigenvalue weighted by atomic mass is 19.1. The molecule has 0 bridgehead atoms. The van der Waals surface area contributed by atoms with Crippen LogP contribution in [-0.4, -0.2) is 55.0 Å². The maximum absolute atomic E-state index is 13.6. The van der Waals surface area contributed by atoms with Crippen molar-refractivity contribution >= 4 is 11.6 Å². The fraction of sp³-hybridized carbons (Fsp3) is 0.474. The van der Waals surface area contributed by atoms with Crippen molar-refractivity contribution in [3.05, 3.63) is 48.5 Å². The Balaban J connectivity index is 1.41. The van der Waals surface area contributed by atoms with Crippen molar-refractivity contribution < 1.29 is 13.9 Å². The van der Waals surface area contributed by atoms with Crippen molar-refractivity contribution in [3.8, 4) is 0 Å². The lowest BCUT2D eigenvalue weighted by molar-refractivity contribution is -0.0456. The SMILES string of the molecule is Fc1cccc(N2CCOC[C@]3(C[C@@H](CNc4ncccn4)CO3)C2)c1. The van der Waals surface area contributed by atoms with Crippen LogP contribution in [0.4, 0.5) is 16.0 Å². The number of rotatable bonds is 4. The van der Waals surface area contributed by atoms with Gasteiger partial charge in [-0.2, -0.15) is 0 Å². The molecular weight excluding hydrogens is 335 g/mol. The van der Waals surface area contributed by atoms with Gasteiger partial charge >= 0.3 is 0 Å². The van der Waals surface area contributed by atoms with E-state index in [0.717, 1.165) is 25.2 Å². The van der Waals surface area contributed by atoms with Crippen LogP contribution in [-0.2, 0) is 9.47 Å². The second-order valence-electron chi connectivity index (χ2n) is 6.97. The standard InChI is InChI=1S/C19H23FN4O2/c20-16-3-1-4-17(9-16)24-7-8-25-14-19(13-24)10-15(12-26-19)11-23-18-21-5-2-6-22-18/h1-6,9,15H,7-8,10-14H2,(H,21,22,23)/t15-,19-/m0/s1. The van der Waals surface area contributed by atoms with Gasteiger partial charge in [0.2, 0.25) is 5.95 Å². The van der Waals surface area contributed by atoms with E-state index in [-0.39, 0.29) is 11.4 Å². The lowest BCUT2D eigenvalue weighted by Crippen LogP contribution is -2.44. The zero-order chi connectivity index (χ0) is 17.8. The van der Waals surface area contributed by atoms with Gasteiger partial charge in [-0.15, -0.1) is 0 Å². The van der Waals surface area contributed by atoms with E-state index < -0.39 is 0 Å². The molecule has 1 N–H and O–H groups in total. The Labute approximate surface area is 152 Å². The van der Waals surface area contributed by atoms with Crippen molar-refractivity contribution in [2.75, 3.05) is 49.7 Å². The van der Waals surface area contributed by atoms with E-state index in [4.69, 9.17) is 9.47 Å². The third-order valence-corrected chi connectivity index (χ3v) is 4.92. The Hall–Kier alpha value is -2.25. The van der Waals surface area contributed by atoms with Crippen LogP contribution in [0.3, 0.4) is 0 Å². The normalized spacial score (nSPS) is 26.0. The van der Waals surface area contributed by atoms with Gasteiger partial charge in [-0.1, -0.05) is 6.07 Å².